The molecule has 0 radical (unpaired) electrons. The van der Waals surface area contributed by atoms with Crippen LogP contribution in [-0.2, 0) is 24.1 Å². The van der Waals surface area contributed by atoms with Gasteiger partial charge in [-0.15, -0.1) is 0 Å². The van der Waals surface area contributed by atoms with Gasteiger partial charge in [0.05, 0.1) is 37.5 Å². The van der Waals surface area contributed by atoms with Gasteiger partial charge < -0.3 is 10.1 Å². The standard InChI is InChI=1S/C17H21F2N5O2/c18-17(19)23-6-5-20-15(23)8-21-13-9-26-10-14(13)24-16(25)7-11-3-1-2-4-12(11)22-24/h5-7,13-14,17,21H,1-4,8-10H2. The molecular formula is C17H21F2N5O2. The van der Waals surface area contributed by atoms with E-state index in [-0.39, 0.29) is 30.0 Å². The lowest BCUT2D eigenvalue weighted by Gasteiger charge is -2.23. The third kappa shape index (κ3) is 3.28. The summed E-state index contributed by atoms with van der Waals surface area (Å²) in [5.41, 5.74) is 1.89. The van der Waals surface area contributed by atoms with E-state index in [9.17, 15) is 13.6 Å². The normalized spacial score (nSPS) is 22.7. The van der Waals surface area contributed by atoms with Gasteiger partial charge in [-0.3, -0.25) is 9.36 Å². The maximum Gasteiger partial charge on any atom is 0.319 e. The molecule has 1 N–H and O–H groups in total. The zero-order chi connectivity index (χ0) is 18.1. The van der Waals surface area contributed by atoms with Crippen LogP contribution in [0.25, 0.3) is 0 Å². The maximum atomic E-state index is 12.9. The second-order valence-electron chi connectivity index (χ2n) is 6.73. The fraction of sp³-hybridized carbons (Fsp3) is 0.588. The van der Waals surface area contributed by atoms with E-state index in [0.29, 0.717) is 13.2 Å². The zero-order valence-corrected chi connectivity index (χ0v) is 14.3. The van der Waals surface area contributed by atoms with Crippen LogP contribution in [0.5, 0.6) is 0 Å². The molecule has 2 unspecified atom stereocenters. The molecule has 2 aromatic rings. The van der Waals surface area contributed by atoms with Crippen LogP contribution in [0.3, 0.4) is 0 Å². The molecule has 0 aromatic carbocycles. The highest BCUT2D eigenvalue weighted by Crippen LogP contribution is 2.22. The fourth-order valence-electron chi connectivity index (χ4n) is 3.67. The van der Waals surface area contributed by atoms with Gasteiger partial charge in [0.15, 0.2) is 0 Å². The highest BCUT2D eigenvalue weighted by atomic mass is 19.3. The zero-order valence-electron chi connectivity index (χ0n) is 14.3. The lowest BCUT2D eigenvalue weighted by atomic mass is 9.97. The Morgan fingerprint density at radius 3 is 3.00 bits per heavy atom. The van der Waals surface area contributed by atoms with Crippen LogP contribution in [0, 0.1) is 0 Å². The van der Waals surface area contributed by atoms with E-state index in [1.165, 1.54) is 17.1 Å². The third-order valence-corrected chi connectivity index (χ3v) is 5.08. The number of aryl methyl sites for hydroxylation is 2. The first-order valence-corrected chi connectivity index (χ1v) is 8.86. The highest BCUT2D eigenvalue weighted by molar-refractivity contribution is 5.20. The Kier molecular flexibility index (Phi) is 4.82. The molecule has 7 nitrogen and oxygen atoms in total. The summed E-state index contributed by atoms with van der Waals surface area (Å²) in [6, 6.07) is 1.23. The van der Waals surface area contributed by atoms with Crippen molar-refractivity contribution >= 4 is 0 Å². The fourth-order valence-corrected chi connectivity index (χ4v) is 3.67. The number of alkyl halides is 2. The molecule has 1 saturated heterocycles. The number of hydrogen-bond acceptors (Lipinski definition) is 5. The van der Waals surface area contributed by atoms with E-state index in [4.69, 9.17) is 4.74 Å². The van der Waals surface area contributed by atoms with Crippen LogP contribution < -0.4 is 10.9 Å². The number of aromatic nitrogens is 4. The molecule has 140 valence electrons. The van der Waals surface area contributed by atoms with E-state index < -0.39 is 6.55 Å². The average molecular weight is 365 g/mol. The number of ether oxygens (including phenoxy) is 1. The van der Waals surface area contributed by atoms with Crippen LogP contribution in [0.2, 0.25) is 0 Å². The van der Waals surface area contributed by atoms with Gasteiger partial charge in [-0.05, 0) is 31.2 Å². The summed E-state index contributed by atoms with van der Waals surface area (Å²) in [6.45, 7) is -1.70. The quantitative estimate of drug-likeness (QED) is 0.868. The molecule has 2 aliphatic rings. The minimum Gasteiger partial charge on any atom is -0.377 e. The minimum atomic E-state index is -2.63. The predicted molar refractivity (Wildman–Crippen MR) is 89.1 cm³/mol. The first-order chi connectivity index (χ1) is 12.6. The van der Waals surface area contributed by atoms with E-state index in [0.717, 1.165) is 41.5 Å². The van der Waals surface area contributed by atoms with Gasteiger partial charge in [0.2, 0.25) is 0 Å². The molecule has 0 saturated carbocycles. The molecule has 2 aromatic heterocycles. The summed E-state index contributed by atoms with van der Waals surface area (Å²) >= 11 is 0. The van der Waals surface area contributed by atoms with E-state index >= 15 is 0 Å². The molecule has 1 fully saturated rings. The smallest absolute Gasteiger partial charge is 0.319 e. The van der Waals surface area contributed by atoms with Gasteiger partial charge in [0.25, 0.3) is 5.56 Å². The van der Waals surface area contributed by atoms with Crippen LogP contribution in [-0.4, -0.2) is 38.6 Å². The first kappa shape index (κ1) is 17.3. The van der Waals surface area contributed by atoms with E-state index in [1.807, 2.05) is 0 Å². The second kappa shape index (κ2) is 7.24. The maximum absolute atomic E-state index is 12.9. The van der Waals surface area contributed by atoms with Crippen molar-refractivity contribution in [1.29, 1.82) is 0 Å². The van der Waals surface area contributed by atoms with Crippen LogP contribution in [0.4, 0.5) is 8.78 Å². The van der Waals surface area contributed by atoms with Gasteiger partial charge in [-0.25, -0.2) is 9.67 Å². The van der Waals surface area contributed by atoms with Gasteiger partial charge in [-0.1, -0.05) is 0 Å². The molecule has 0 bridgehead atoms. The topological polar surface area (TPSA) is 74.0 Å². The number of fused-ring (bicyclic) bond motifs is 1. The minimum absolute atomic E-state index is 0.137. The molecule has 26 heavy (non-hydrogen) atoms. The summed E-state index contributed by atoms with van der Waals surface area (Å²) in [4.78, 5) is 16.5. The van der Waals surface area contributed by atoms with E-state index in [2.05, 4.69) is 15.4 Å². The van der Waals surface area contributed by atoms with Crippen molar-refractivity contribution in [1.82, 2.24) is 24.6 Å². The first-order valence-electron chi connectivity index (χ1n) is 8.86. The SMILES string of the molecule is O=c1cc2c(nn1C1COCC1NCc1nccn1C(F)F)CCCC2. The number of nitrogens with one attached hydrogen (secondary N) is 1. The molecule has 2 atom stereocenters. The molecule has 0 amide bonds. The Morgan fingerprint density at radius 1 is 1.31 bits per heavy atom. The largest absolute Gasteiger partial charge is 0.377 e. The van der Waals surface area contributed by atoms with Gasteiger partial charge in [0, 0.05) is 18.5 Å². The molecule has 9 heteroatoms. The van der Waals surface area contributed by atoms with Gasteiger partial charge in [-0.2, -0.15) is 13.9 Å². The Bertz CT molecular complexity index is 835. The summed E-state index contributed by atoms with van der Waals surface area (Å²) in [7, 11) is 0. The Hall–Kier alpha value is -2.13. The summed E-state index contributed by atoms with van der Waals surface area (Å²) < 4.78 is 33.7. The summed E-state index contributed by atoms with van der Waals surface area (Å²) in [5.74, 6) is 0.247. The van der Waals surface area contributed by atoms with Crippen molar-refractivity contribution in [2.45, 2.75) is 50.9 Å². The predicted octanol–water partition coefficient (Wildman–Crippen LogP) is 1.44. The van der Waals surface area contributed by atoms with Crippen molar-refractivity contribution in [3.05, 3.63) is 45.9 Å². The van der Waals surface area contributed by atoms with Crippen molar-refractivity contribution in [3.8, 4) is 0 Å². The number of imidazole rings is 1. The third-order valence-electron chi connectivity index (χ3n) is 5.08. The molecular weight excluding hydrogens is 344 g/mol. The number of rotatable bonds is 5. The number of hydrogen-bond donors (Lipinski definition) is 1. The summed E-state index contributed by atoms with van der Waals surface area (Å²) in [5, 5.41) is 7.77. The molecule has 1 aliphatic carbocycles. The Balaban J connectivity index is 1.52. The van der Waals surface area contributed by atoms with Crippen LogP contribution >= 0.6 is 0 Å². The van der Waals surface area contributed by atoms with Crippen molar-refractivity contribution in [2.24, 2.45) is 0 Å². The molecule has 4 rings (SSSR count). The van der Waals surface area contributed by atoms with Crippen molar-refractivity contribution in [2.75, 3.05) is 13.2 Å². The molecule has 1 aliphatic heterocycles. The van der Waals surface area contributed by atoms with Crippen LogP contribution in [0.15, 0.2) is 23.3 Å². The Morgan fingerprint density at radius 2 is 2.15 bits per heavy atom. The van der Waals surface area contributed by atoms with Crippen molar-refractivity contribution in [3.63, 3.8) is 0 Å². The van der Waals surface area contributed by atoms with Crippen LogP contribution in [0.1, 0.15) is 42.5 Å². The second-order valence-corrected chi connectivity index (χ2v) is 6.73. The number of nitrogens with zero attached hydrogens (tertiary/aromatic N) is 4. The average Bonchev–Trinajstić information content (AvgIpc) is 3.28. The summed E-state index contributed by atoms with van der Waals surface area (Å²) in [6.07, 6.45) is 6.55. The lowest BCUT2D eigenvalue weighted by Crippen LogP contribution is -2.42. The van der Waals surface area contributed by atoms with Gasteiger partial charge in [0.1, 0.15) is 5.82 Å². The highest BCUT2D eigenvalue weighted by Gasteiger charge is 2.32. The monoisotopic (exact) mass is 365 g/mol. The molecule has 3 heterocycles. The van der Waals surface area contributed by atoms with Crippen molar-refractivity contribution < 1.29 is 13.5 Å². The van der Waals surface area contributed by atoms with E-state index in [1.54, 1.807) is 6.07 Å². The van der Waals surface area contributed by atoms with Gasteiger partial charge >= 0.3 is 6.55 Å². The number of halogens is 2. The Labute approximate surface area is 149 Å². The molecule has 0 spiro atoms. The lowest BCUT2D eigenvalue weighted by molar-refractivity contribution is 0.0664.